The lowest BCUT2D eigenvalue weighted by atomic mass is 10.2. The second kappa shape index (κ2) is 8.33. The summed E-state index contributed by atoms with van der Waals surface area (Å²) in [6.07, 6.45) is 3.88. The van der Waals surface area contributed by atoms with Crippen LogP contribution in [-0.4, -0.2) is 34.3 Å². The molecule has 0 saturated heterocycles. The molecule has 0 aliphatic heterocycles. The third-order valence-electron chi connectivity index (χ3n) is 2.73. The fraction of sp³-hybridized carbons (Fsp3) is 0.308. The summed E-state index contributed by atoms with van der Waals surface area (Å²) < 4.78 is 15.2. The van der Waals surface area contributed by atoms with Crippen LogP contribution in [0.25, 0.3) is 5.69 Å². The van der Waals surface area contributed by atoms with Crippen molar-refractivity contribution >= 4 is 24.0 Å². The second-order valence-electron chi connectivity index (χ2n) is 4.26. The summed E-state index contributed by atoms with van der Waals surface area (Å²) in [6, 6.07) is 4.45. The lowest BCUT2D eigenvalue weighted by Gasteiger charge is -2.07. The fourth-order valence-corrected chi connectivity index (χ4v) is 1.75. The van der Waals surface area contributed by atoms with Crippen molar-refractivity contribution in [3.05, 3.63) is 36.7 Å². The molecule has 1 amide bonds. The SMILES string of the molecule is CNCCCC(=O)Nc1ccc(-n2cncn2)c(F)c1.Cl. The van der Waals surface area contributed by atoms with Gasteiger partial charge in [-0.25, -0.2) is 14.1 Å². The van der Waals surface area contributed by atoms with Gasteiger partial charge in [-0.2, -0.15) is 5.10 Å². The van der Waals surface area contributed by atoms with Gasteiger partial charge in [0.25, 0.3) is 0 Å². The predicted octanol–water partition coefficient (Wildman–Crippen LogP) is 1.77. The first-order valence-corrected chi connectivity index (χ1v) is 6.29. The smallest absolute Gasteiger partial charge is 0.224 e. The molecule has 0 fully saturated rings. The molecule has 0 unspecified atom stereocenters. The summed E-state index contributed by atoms with van der Waals surface area (Å²) in [5.74, 6) is -0.600. The number of nitrogens with zero attached hydrogens (tertiary/aromatic N) is 3. The standard InChI is InChI=1S/C13H16FN5O.ClH/c1-15-6-2-3-13(20)18-10-4-5-12(11(14)7-10)19-9-16-8-17-19;/h4-5,7-9,15H,2-3,6H2,1H3,(H,18,20);1H. The van der Waals surface area contributed by atoms with Crippen molar-refractivity contribution in [2.45, 2.75) is 12.8 Å². The summed E-state index contributed by atoms with van der Waals surface area (Å²) in [7, 11) is 1.83. The van der Waals surface area contributed by atoms with E-state index in [1.807, 2.05) is 7.05 Å². The van der Waals surface area contributed by atoms with Crippen LogP contribution in [0.3, 0.4) is 0 Å². The fourth-order valence-electron chi connectivity index (χ4n) is 1.75. The van der Waals surface area contributed by atoms with Gasteiger partial charge in [-0.1, -0.05) is 0 Å². The molecule has 0 atom stereocenters. The summed E-state index contributed by atoms with van der Waals surface area (Å²) >= 11 is 0. The molecule has 0 aliphatic carbocycles. The Hall–Kier alpha value is -1.99. The van der Waals surface area contributed by atoms with Gasteiger partial charge in [-0.3, -0.25) is 4.79 Å². The molecule has 0 radical (unpaired) electrons. The van der Waals surface area contributed by atoms with Crippen molar-refractivity contribution in [1.82, 2.24) is 20.1 Å². The number of rotatable bonds is 6. The highest BCUT2D eigenvalue weighted by Gasteiger charge is 2.08. The number of halogens is 2. The van der Waals surface area contributed by atoms with Crippen LogP contribution >= 0.6 is 12.4 Å². The summed E-state index contributed by atoms with van der Waals surface area (Å²) in [4.78, 5) is 15.4. The lowest BCUT2D eigenvalue weighted by Crippen LogP contribution is -2.15. The van der Waals surface area contributed by atoms with Gasteiger partial charge < -0.3 is 10.6 Å². The van der Waals surface area contributed by atoms with Crippen LogP contribution in [0.2, 0.25) is 0 Å². The number of anilines is 1. The Labute approximate surface area is 128 Å². The number of nitrogens with one attached hydrogen (secondary N) is 2. The molecular weight excluding hydrogens is 297 g/mol. The monoisotopic (exact) mass is 313 g/mol. The van der Waals surface area contributed by atoms with Crippen LogP contribution < -0.4 is 10.6 Å². The minimum absolute atomic E-state index is 0. The van der Waals surface area contributed by atoms with E-state index in [0.29, 0.717) is 12.1 Å². The van der Waals surface area contributed by atoms with Crippen LogP contribution in [0.15, 0.2) is 30.9 Å². The zero-order valence-electron chi connectivity index (χ0n) is 11.5. The number of amides is 1. The van der Waals surface area contributed by atoms with Crippen molar-refractivity contribution in [2.24, 2.45) is 0 Å². The highest BCUT2D eigenvalue weighted by molar-refractivity contribution is 5.90. The van der Waals surface area contributed by atoms with E-state index in [2.05, 4.69) is 20.7 Å². The van der Waals surface area contributed by atoms with E-state index >= 15 is 0 Å². The molecule has 0 spiro atoms. The van der Waals surface area contributed by atoms with Gasteiger partial charge in [0.05, 0.1) is 0 Å². The third-order valence-corrected chi connectivity index (χ3v) is 2.73. The van der Waals surface area contributed by atoms with Crippen LogP contribution in [0, 0.1) is 5.82 Å². The maximum Gasteiger partial charge on any atom is 0.224 e. The second-order valence-corrected chi connectivity index (χ2v) is 4.26. The van der Waals surface area contributed by atoms with Gasteiger partial charge in [0, 0.05) is 12.1 Å². The number of carbonyl (C=O) groups is 1. The van der Waals surface area contributed by atoms with E-state index in [4.69, 9.17) is 0 Å². The Morgan fingerprint density at radius 3 is 2.86 bits per heavy atom. The molecule has 114 valence electrons. The Morgan fingerprint density at radius 2 is 2.24 bits per heavy atom. The molecule has 8 heteroatoms. The van der Waals surface area contributed by atoms with Crippen molar-refractivity contribution in [1.29, 1.82) is 0 Å². The molecule has 1 heterocycles. The number of hydrogen-bond donors (Lipinski definition) is 2. The first-order chi connectivity index (χ1) is 9.70. The molecule has 2 rings (SSSR count). The normalized spacial score (nSPS) is 10.0. The van der Waals surface area contributed by atoms with Crippen molar-refractivity contribution in [3.63, 3.8) is 0 Å². The third kappa shape index (κ3) is 4.80. The van der Waals surface area contributed by atoms with Crippen LogP contribution in [-0.2, 0) is 4.79 Å². The molecule has 21 heavy (non-hydrogen) atoms. The zero-order chi connectivity index (χ0) is 14.4. The van der Waals surface area contributed by atoms with Crippen LogP contribution in [0.5, 0.6) is 0 Å². The highest BCUT2D eigenvalue weighted by atomic mass is 35.5. The van der Waals surface area contributed by atoms with Gasteiger partial charge >= 0.3 is 0 Å². The topological polar surface area (TPSA) is 71.8 Å². The minimum Gasteiger partial charge on any atom is -0.326 e. The minimum atomic E-state index is -0.469. The maximum atomic E-state index is 13.9. The van der Waals surface area contributed by atoms with E-state index in [0.717, 1.165) is 13.0 Å². The van der Waals surface area contributed by atoms with Crippen LogP contribution in [0.1, 0.15) is 12.8 Å². The molecule has 1 aromatic carbocycles. The quantitative estimate of drug-likeness (QED) is 0.797. The lowest BCUT2D eigenvalue weighted by molar-refractivity contribution is -0.116. The number of carbonyl (C=O) groups excluding carboxylic acids is 1. The van der Waals surface area contributed by atoms with Crippen LogP contribution in [0.4, 0.5) is 10.1 Å². The maximum absolute atomic E-state index is 13.9. The highest BCUT2D eigenvalue weighted by Crippen LogP contribution is 2.17. The number of aromatic nitrogens is 3. The summed E-state index contributed by atoms with van der Waals surface area (Å²) in [5, 5.41) is 9.48. The van der Waals surface area contributed by atoms with E-state index in [1.165, 1.54) is 23.4 Å². The summed E-state index contributed by atoms with van der Waals surface area (Å²) in [5.41, 5.74) is 0.719. The summed E-state index contributed by atoms with van der Waals surface area (Å²) in [6.45, 7) is 0.771. The average Bonchev–Trinajstić information content (AvgIpc) is 2.93. The molecule has 1 aromatic heterocycles. The van der Waals surface area contributed by atoms with Crippen molar-refractivity contribution in [2.75, 3.05) is 18.9 Å². The molecule has 0 aliphatic rings. The molecule has 6 nitrogen and oxygen atoms in total. The largest absolute Gasteiger partial charge is 0.326 e. The average molecular weight is 314 g/mol. The first-order valence-electron chi connectivity index (χ1n) is 6.29. The van der Waals surface area contributed by atoms with Crippen molar-refractivity contribution < 1.29 is 9.18 Å². The van der Waals surface area contributed by atoms with Gasteiger partial charge in [-0.15, -0.1) is 12.4 Å². The Bertz CT molecular complexity index is 576. The number of benzene rings is 1. The van der Waals surface area contributed by atoms with Gasteiger partial charge in [0.15, 0.2) is 5.82 Å². The molecule has 2 N–H and O–H groups in total. The van der Waals surface area contributed by atoms with E-state index in [-0.39, 0.29) is 24.0 Å². The molecule has 0 bridgehead atoms. The number of hydrogen-bond acceptors (Lipinski definition) is 4. The predicted molar refractivity (Wildman–Crippen MR) is 80.4 cm³/mol. The van der Waals surface area contributed by atoms with Gasteiger partial charge in [0.1, 0.15) is 18.3 Å². The van der Waals surface area contributed by atoms with Gasteiger partial charge in [0.2, 0.25) is 5.91 Å². The van der Waals surface area contributed by atoms with Gasteiger partial charge in [-0.05, 0) is 38.2 Å². The zero-order valence-corrected chi connectivity index (χ0v) is 12.4. The Balaban J connectivity index is 0.00000220. The molecular formula is C13H17ClFN5O. The Morgan fingerprint density at radius 1 is 1.43 bits per heavy atom. The Kier molecular flexibility index (Phi) is 6.77. The molecule has 0 saturated carbocycles. The van der Waals surface area contributed by atoms with E-state index < -0.39 is 5.82 Å². The first kappa shape index (κ1) is 17.1. The van der Waals surface area contributed by atoms with E-state index in [1.54, 1.807) is 12.1 Å². The van der Waals surface area contributed by atoms with Crippen molar-refractivity contribution in [3.8, 4) is 5.69 Å². The van der Waals surface area contributed by atoms with E-state index in [9.17, 15) is 9.18 Å². The molecule has 2 aromatic rings.